The van der Waals surface area contributed by atoms with E-state index >= 15 is 0 Å². The molecule has 1 saturated carbocycles. The predicted octanol–water partition coefficient (Wildman–Crippen LogP) is 3.11. The maximum Gasteiger partial charge on any atom is 0.418 e. The minimum absolute atomic E-state index is 0.153. The van der Waals surface area contributed by atoms with Crippen molar-refractivity contribution < 1.29 is 14.3 Å². The second kappa shape index (κ2) is 4.59. The summed E-state index contributed by atoms with van der Waals surface area (Å²) in [5, 5.41) is 0. The third kappa shape index (κ3) is 2.81. The molecular formula is C14H19NO3. The molecule has 1 atom stereocenters. The molecule has 0 N–H and O–H groups in total. The summed E-state index contributed by atoms with van der Waals surface area (Å²) in [5.74, 6) is 0.428. The molecule has 98 valence electrons. The number of rotatable bonds is 1. The number of aromatic nitrogens is 1. The van der Waals surface area contributed by atoms with Gasteiger partial charge in [-0.05, 0) is 39.3 Å². The molecule has 0 amide bonds. The van der Waals surface area contributed by atoms with Crippen LogP contribution in [-0.2, 0) is 9.53 Å². The van der Waals surface area contributed by atoms with Crippen molar-refractivity contribution in [1.82, 2.24) is 4.57 Å². The molecule has 4 nitrogen and oxygen atoms in total. The van der Waals surface area contributed by atoms with Gasteiger partial charge in [-0.1, -0.05) is 0 Å². The lowest BCUT2D eigenvalue weighted by atomic mass is 10.0. The van der Waals surface area contributed by atoms with Crippen LogP contribution in [0.15, 0.2) is 18.3 Å². The zero-order valence-electron chi connectivity index (χ0n) is 11.1. The van der Waals surface area contributed by atoms with Gasteiger partial charge in [-0.15, -0.1) is 0 Å². The third-order valence-electron chi connectivity index (χ3n) is 3.03. The number of ketones is 1. The highest BCUT2D eigenvalue weighted by molar-refractivity contribution is 5.82. The number of Topliss-reactive ketones (excluding diaryl/α,β-unsaturated/α-hetero) is 1. The van der Waals surface area contributed by atoms with E-state index in [1.54, 1.807) is 6.20 Å². The fourth-order valence-electron chi connectivity index (χ4n) is 2.27. The molecule has 1 fully saturated rings. The van der Waals surface area contributed by atoms with E-state index < -0.39 is 5.60 Å². The Balaban J connectivity index is 2.17. The Kier molecular flexibility index (Phi) is 3.28. The van der Waals surface area contributed by atoms with Crippen LogP contribution in [0.4, 0.5) is 4.79 Å². The summed E-state index contributed by atoms with van der Waals surface area (Å²) in [4.78, 5) is 23.4. The van der Waals surface area contributed by atoms with Crippen LogP contribution in [0.2, 0.25) is 0 Å². The smallest absolute Gasteiger partial charge is 0.418 e. The largest absolute Gasteiger partial charge is 0.443 e. The van der Waals surface area contributed by atoms with Gasteiger partial charge in [0.1, 0.15) is 11.4 Å². The third-order valence-corrected chi connectivity index (χ3v) is 3.03. The molecule has 4 heteroatoms. The van der Waals surface area contributed by atoms with E-state index in [1.165, 1.54) is 4.57 Å². The Bertz CT molecular complexity index is 468. The van der Waals surface area contributed by atoms with Crippen molar-refractivity contribution >= 4 is 11.9 Å². The first kappa shape index (κ1) is 12.9. The lowest BCUT2D eigenvalue weighted by Gasteiger charge is -2.21. The van der Waals surface area contributed by atoms with Crippen LogP contribution in [0, 0.1) is 0 Å². The van der Waals surface area contributed by atoms with E-state index in [4.69, 9.17) is 4.74 Å². The minimum Gasteiger partial charge on any atom is -0.443 e. The average Bonchev–Trinajstić information content (AvgIpc) is 2.81. The Morgan fingerprint density at radius 3 is 2.72 bits per heavy atom. The van der Waals surface area contributed by atoms with Crippen LogP contribution >= 0.6 is 0 Å². The zero-order chi connectivity index (χ0) is 13.3. The van der Waals surface area contributed by atoms with Crippen molar-refractivity contribution in [2.24, 2.45) is 0 Å². The summed E-state index contributed by atoms with van der Waals surface area (Å²) < 4.78 is 6.87. The number of nitrogens with zero attached hydrogens (tertiary/aromatic N) is 1. The number of carbonyl (C=O) groups excluding carboxylic acids is 2. The van der Waals surface area contributed by atoms with Crippen LogP contribution in [0.25, 0.3) is 0 Å². The zero-order valence-corrected chi connectivity index (χ0v) is 11.1. The first-order chi connectivity index (χ1) is 8.37. The second-order valence-electron chi connectivity index (χ2n) is 5.76. The molecular weight excluding hydrogens is 230 g/mol. The van der Waals surface area contributed by atoms with Gasteiger partial charge < -0.3 is 4.74 Å². The molecule has 1 aromatic heterocycles. The van der Waals surface area contributed by atoms with Gasteiger partial charge in [0, 0.05) is 30.7 Å². The number of carbonyl (C=O) groups is 2. The summed E-state index contributed by atoms with van der Waals surface area (Å²) in [6, 6.07) is 3.72. The number of hydrogen-bond acceptors (Lipinski definition) is 3. The summed E-state index contributed by atoms with van der Waals surface area (Å²) in [6.07, 6.45) is 3.30. The highest BCUT2D eigenvalue weighted by atomic mass is 16.6. The lowest BCUT2D eigenvalue weighted by molar-refractivity contribution is -0.117. The van der Waals surface area contributed by atoms with E-state index in [1.807, 2.05) is 32.9 Å². The quantitative estimate of drug-likeness (QED) is 0.768. The Morgan fingerprint density at radius 1 is 1.44 bits per heavy atom. The van der Waals surface area contributed by atoms with Crippen molar-refractivity contribution in [3.05, 3.63) is 24.0 Å². The predicted molar refractivity (Wildman–Crippen MR) is 67.7 cm³/mol. The molecule has 1 heterocycles. The molecule has 0 aliphatic heterocycles. The normalized spacial score (nSPS) is 20.2. The highest BCUT2D eigenvalue weighted by Crippen LogP contribution is 2.32. The Labute approximate surface area is 107 Å². The van der Waals surface area contributed by atoms with Crippen LogP contribution in [0.3, 0.4) is 0 Å². The van der Waals surface area contributed by atoms with Gasteiger partial charge in [-0.3, -0.25) is 9.36 Å². The van der Waals surface area contributed by atoms with E-state index in [2.05, 4.69) is 0 Å². The molecule has 0 radical (unpaired) electrons. The molecule has 1 aliphatic rings. The van der Waals surface area contributed by atoms with E-state index in [9.17, 15) is 9.59 Å². The van der Waals surface area contributed by atoms with Gasteiger partial charge >= 0.3 is 6.09 Å². The van der Waals surface area contributed by atoms with Gasteiger partial charge in [0.15, 0.2) is 0 Å². The monoisotopic (exact) mass is 249 g/mol. The molecule has 0 saturated heterocycles. The minimum atomic E-state index is -0.510. The van der Waals surface area contributed by atoms with Gasteiger partial charge in [-0.25, -0.2) is 4.79 Å². The van der Waals surface area contributed by atoms with Crippen LogP contribution in [0.1, 0.15) is 51.6 Å². The van der Waals surface area contributed by atoms with Gasteiger partial charge in [0.25, 0.3) is 0 Å². The Morgan fingerprint density at radius 2 is 2.17 bits per heavy atom. The number of ether oxygens (including phenoxy) is 1. The fraction of sp³-hybridized carbons (Fsp3) is 0.571. The van der Waals surface area contributed by atoms with Gasteiger partial charge in [-0.2, -0.15) is 0 Å². The summed E-state index contributed by atoms with van der Waals surface area (Å²) in [5.41, 5.74) is 0.375. The van der Waals surface area contributed by atoms with Crippen molar-refractivity contribution in [1.29, 1.82) is 0 Å². The van der Waals surface area contributed by atoms with E-state index in [0.717, 1.165) is 12.1 Å². The molecule has 1 unspecified atom stereocenters. The van der Waals surface area contributed by atoms with Crippen molar-refractivity contribution in [3.63, 3.8) is 0 Å². The van der Waals surface area contributed by atoms with Crippen molar-refractivity contribution in [2.75, 3.05) is 0 Å². The maximum absolute atomic E-state index is 12.0. The lowest BCUT2D eigenvalue weighted by Crippen LogP contribution is -2.28. The van der Waals surface area contributed by atoms with Crippen molar-refractivity contribution in [2.45, 2.75) is 51.6 Å². The first-order valence-corrected chi connectivity index (χ1v) is 6.29. The van der Waals surface area contributed by atoms with Gasteiger partial charge in [0.05, 0.1) is 0 Å². The molecule has 1 aromatic rings. The highest BCUT2D eigenvalue weighted by Gasteiger charge is 2.28. The maximum atomic E-state index is 12.0. The van der Waals surface area contributed by atoms with E-state index in [-0.39, 0.29) is 17.8 Å². The summed E-state index contributed by atoms with van der Waals surface area (Å²) in [7, 11) is 0. The Hall–Kier alpha value is -1.58. The van der Waals surface area contributed by atoms with Gasteiger partial charge in [0.2, 0.25) is 0 Å². The second-order valence-corrected chi connectivity index (χ2v) is 5.76. The molecule has 1 aliphatic carbocycles. The van der Waals surface area contributed by atoms with Crippen LogP contribution < -0.4 is 0 Å². The summed E-state index contributed by atoms with van der Waals surface area (Å²) >= 11 is 0. The average molecular weight is 249 g/mol. The fourth-order valence-corrected chi connectivity index (χ4v) is 2.27. The SMILES string of the molecule is CC(C)(C)OC(=O)n1cccc1C1CCC(=O)C1. The van der Waals surface area contributed by atoms with Crippen LogP contribution in [0.5, 0.6) is 0 Å². The van der Waals surface area contributed by atoms with E-state index in [0.29, 0.717) is 12.8 Å². The molecule has 0 spiro atoms. The molecule has 18 heavy (non-hydrogen) atoms. The van der Waals surface area contributed by atoms with Crippen molar-refractivity contribution in [3.8, 4) is 0 Å². The molecule has 0 aromatic carbocycles. The standard InChI is InChI=1S/C14H19NO3/c1-14(2,3)18-13(17)15-8-4-5-12(15)10-6-7-11(16)9-10/h4-5,8,10H,6-7,9H2,1-3H3. The summed E-state index contributed by atoms with van der Waals surface area (Å²) in [6.45, 7) is 5.52. The molecule has 0 bridgehead atoms. The topological polar surface area (TPSA) is 48.3 Å². The van der Waals surface area contributed by atoms with Crippen LogP contribution in [-0.4, -0.2) is 22.0 Å². The number of hydrogen-bond donors (Lipinski definition) is 0. The molecule has 2 rings (SSSR count). The first-order valence-electron chi connectivity index (χ1n) is 6.29.